The van der Waals surface area contributed by atoms with Crippen LogP contribution in [0.2, 0.25) is 15.1 Å². The van der Waals surface area contributed by atoms with E-state index in [0.717, 1.165) is 10.4 Å². The molecule has 0 aliphatic rings. The fraction of sp³-hybridized carbons (Fsp3) is 0.182. The van der Waals surface area contributed by atoms with Crippen LogP contribution in [-0.2, 0) is 9.53 Å². The maximum atomic E-state index is 12.7. The molecule has 2 aromatic carbocycles. The number of esters is 1. The Hall–Kier alpha value is -2.25. The number of carbonyl (C=O) groups excluding carboxylic acids is 2. The van der Waals surface area contributed by atoms with Gasteiger partial charge in [-0.25, -0.2) is 4.79 Å². The fourth-order valence-electron chi connectivity index (χ4n) is 2.89. The first-order valence-electron chi connectivity index (χ1n) is 9.24. The molecule has 0 aliphatic heterocycles. The second-order valence-electron chi connectivity index (χ2n) is 6.38. The highest BCUT2D eigenvalue weighted by molar-refractivity contribution is 7.17. The largest absolute Gasteiger partial charge is 0.482 e. The number of nitrogens with one attached hydrogen (secondary N) is 1. The van der Waals surface area contributed by atoms with Crippen LogP contribution < -0.4 is 10.1 Å². The molecule has 3 aromatic rings. The highest BCUT2D eigenvalue weighted by Crippen LogP contribution is 2.40. The first kappa shape index (κ1) is 23.4. The summed E-state index contributed by atoms with van der Waals surface area (Å²) < 4.78 is 10.7. The van der Waals surface area contributed by atoms with Gasteiger partial charge in [-0.1, -0.05) is 46.9 Å². The Bertz CT molecular complexity index is 1110. The number of hydrogen-bond acceptors (Lipinski definition) is 5. The molecule has 3 rings (SSSR count). The monoisotopic (exact) mass is 497 g/mol. The molecule has 0 fully saturated rings. The van der Waals surface area contributed by atoms with E-state index in [0.29, 0.717) is 36.9 Å². The average molecular weight is 499 g/mol. The van der Waals surface area contributed by atoms with E-state index < -0.39 is 11.9 Å². The van der Waals surface area contributed by atoms with E-state index in [1.54, 1.807) is 31.2 Å². The highest BCUT2D eigenvalue weighted by atomic mass is 35.5. The van der Waals surface area contributed by atoms with Crippen LogP contribution in [0, 0.1) is 6.92 Å². The van der Waals surface area contributed by atoms with E-state index in [9.17, 15) is 9.59 Å². The molecule has 0 bridgehead atoms. The molecule has 0 saturated carbocycles. The second-order valence-corrected chi connectivity index (χ2v) is 8.88. The molecule has 1 heterocycles. The van der Waals surface area contributed by atoms with Gasteiger partial charge in [-0.15, -0.1) is 11.3 Å². The Labute approximate surface area is 198 Å². The predicted octanol–water partition coefficient (Wildman–Crippen LogP) is 6.88. The van der Waals surface area contributed by atoms with Gasteiger partial charge >= 0.3 is 5.97 Å². The number of thiophene rings is 1. The van der Waals surface area contributed by atoms with E-state index in [1.165, 1.54) is 17.4 Å². The standard InChI is InChI=1S/C22H18Cl3NO4S/c1-3-29-22(28)20-19(13-4-6-14(23)7-5-13)12(2)31-21(20)26-18(27)11-30-17-9-8-15(24)10-16(17)25/h4-10H,3,11H2,1-2H3,(H,26,27). The molecule has 0 radical (unpaired) electrons. The zero-order chi connectivity index (χ0) is 22.5. The van der Waals surface area contributed by atoms with Crippen LogP contribution in [0.15, 0.2) is 42.5 Å². The minimum atomic E-state index is -0.520. The Kier molecular flexibility index (Phi) is 7.84. The Balaban J connectivity index is 1.86. The summed E-state index contributed by atoms with van der Waals surface area (Å²) in [6.45, 7) is 3.51. The van der Waals surface area contributed by atoms with Crippen molar-refractivity contribution < 1.29 is 19.1 Å². The van der Waals surface area contributed by atoms with Gasteiger partial charge in [0.1, 0.15) is 16.3 Å². The smallest absolute Gasteiger partial charge is 0.341 e. The van der Waals surface area contributed by atoms with Crippen molar-refractivity contribution in [3.63, 3.8) is 0 Å². The SMILES string of the molecule is CCOC(=O)c1c(NC(=O)COc2ccc(Cl)cc2Cl)sc(C)c1-c1ccc(Cl)cc1. The number of rotatable bonds is 7. The number of aryl methyl sites for hydroxylation is 1. The number of carbonyl (C=O) groups is 2. The third-order valence-electron chi connectivity index (χ3n) is 4.20. The molecule has 31 heavy (non-hydrogen) atoms. The summed E-state index contributed by atoms with van der Waals surface area (Å²) in [5, 5.41) is 4.48. The predicted molar refractivity (Wildman–Crippen MR) is 126 cm³/mol. The van der Waals surface area contributed by atoms with Gasteiger partial charge < -0.3 is 14.8 Å². The van der Waals surface area contributed by atoms with E-state index in [4.69, 9.17) is 44.3 Å². The van der Waals surface area contributed by atoms with Gasteiger partial charge in [0.05, 0.1) is 11.6 Å². The number of ether oxygens (including phenoxy) is 2. The van der Waals surface area contributed by atoms with Crippen molar-refractivity contribution in [1.29, 1.82) is 0 Å². The van der Waals surface area contributed by atoms with Gasteiger partial charge in [0.25, 0.3) is 5.91 Å². The summed E-state index contributed by atoms with van der Waals surface area (Å²) in [6.07, 6.45) is 0. The minimum absolute atomic E-state index is 0.208. The summed E-state index contributed by atoms with van der Waals surface area (Å²) in [4.78, 5) is 26.1. The second kappa shape index (κ2) is 10.4. The van der Waals surface area contributed by atoms with Crippen LogP contribution >= 0.6 is 46.1 Å². The van der Waals surface area contributed by atoms with Crippen LogP contribution in [0.25, 0.3) is 11.1 Å². The maximum absolute atomic E-state index is 12.7. The van der Waals surface area contributed by atoms with Crippen LogP contribution in [0.4, 0.5) is 5.00 Å². The van der Waals surface area contributed by atoms with Crippen molar-refractivity contribution in [2.24, 2.45) is 0 Å². The molecule has 9 heteroatoms. The van der Waals surface area contributed by atoms with E-state index in [-0.39, 0.29) is 13.2 Å². The van der Waals surface area contributed by atoms with E-state index >= 15 is 0 Å². The van der Waals surface area contributed by atoms with Crippen molar-refractivity contribution in [3.8, 4) is 16.9 Å². The molecule has 0 unspecified atom stereocenters. The molecule has 0 spiro atoms. The van der Waals surface area contributed by atoms with Crippen molar-refractivity contribution in [2.45, 2.75) is 13.8 Å². The van der Waals surface area contributed by atoms with Crippen molar-refractivity contribution in [2.75, 3.05) is 18.5 Å². The highest BCUT2D eigenvalue weighted by Gasteiger charge is 2.25. The molecule has 0 atom stereocenters. The number of anilines is 1. The molecule has 1 aromatic heterocycles. The first-order valence-corrected chi connectivity index (χ1v) is 11.2. The Morgan fingerprint density at radius 2 is 1.71 bits per heavy atom. The van der Waals surface area contributed by atoms with Crippen LogP contribution in [0.3, 0.4) is 0 Å². The Morgan fingerprint density at radius 3 is 2.35 bits per heavy atom. The van der Waals surface area contributed by atoms with Gasteiger partial charge in [0.15, 0.2) is 6.61 Å². The summed E-state index contributed by atoms with van der Waals surface area (Å²) in [7, 11) is 0. The fourth-order valence-corrected chi connectivity index (χ4v) is 4.56. The number of amides is 1. The number of halogens is 3. The summed E-state index contributed by atoms with van der Waals surface area (Å²) >= 11 is 19.2. The summed E-state index contributed by atoms with van der Waals surface area (Å²) in [5.41, 5.74) is 1.78. The normalized spacial score (nSPS) is 10.6. The van der Waals surface area contributed by atoms with Gasteiger partial charge in [-0.05, 0) is 49.7 Å². The third-order valence-corrected chi connectivity index (χ3v) is 6.01. The third kappa shape index (κ3) is 5.71. The summed E-state index contributed by atoms with van der Waals surface area (Å²) in [6, 6.07) is 11.8. The van der Waals surface area contributed by atoms with Gasteiger partial charge in [-0.2, -0.15) is 0 Å². The maximum Gasteiger partial charge on any atom is 0.341 e. The topological polar surface area (TPSA) is 64.6 Å². The lowest BCUT2D eigenvalue weighted by atomic mass is 10.0. The average Bonchev–Trinajstić information content (AvgIpc) is 3.03. The van der Waals surface area contributed by atoms with E-state index in [1.807, 2.05) is 19.1 Å². The van der Waals surface area contributed by atoms with Crippen molar-refractivity contribution >= 4 is 63.0 Å². The molecule has 5 nitrogen and oxygen atoms in total. The molecule has 162 valence electrons. The zero-order valence-corrected chi connectivity index (χ0v) is 19.7. The van der Waals surface area contributed by atoms with Crippen LogP contribution in [0.1, 0.15) is 22.2 Å². The van der Waals surface area contributed by atoms with Crippen LogP contribution in [-0.4, -0.2) is 25.1 Å². The molecule has 0 saturated heterocycles. The Morgan fingerprint density at radius 1 is 1.03 bits per heavy atom. The minimum Gasteiger partial charge on any atom is -0.482 e. The lowest BCUT2D eigenvalue weighted by Crippen LogP contribution is -2.21. The van der Waals surface area contributed by atoms with Crippen molar-refractivity contribution in [3.05, 3.63) is 68.0 Å². The lowest BCUT2D eigenvalue weighted by Gasteiger charge is -2.10. The molecule has 1 amide bonds. The first-order chi connectivity index (χ1) is 14.8. The molecule has 0 aliphatic carbocycles. The summed E-state index contributed by atoms with van der Waals surface area (Å²) in [5.74, 6) is -0.634. The molecular weight excluding hydrogens is 481 g/mol. The van der Waals surface area contributed by atoms with Gasteiger partial charge in [-0.3, -0.25) is 4.79 Å². The van der Waals surface area contributed by atoms with Crippen molar-refractivity contribution in [1.82, 2.24) is 0 Å². The number of benzene rings is 2. The lowest BCUT2D eigenvalue weighted by molar-refractivity contribution is -0.118. The van der Waals surface area contributed by atoms with Crippen LogP contribution in [0.5, 0.6) is 5.75 Å². The zero-order valence-electron chi connectivity index (χ0n) is 16.6. The van der Waals surface area contributed by atoms with E-state index in [2.05, 4.69) is 5.32 Å². The number of hydrogen-bond donors (Lipinski definition) is 1. The van der Waals surface area contributed by atoms with Gasteiger partial charge in [0, 0.05) is 20.5 Å². The van der Waals surface area contributed by atoms with Gasteiger partial charge in [0.2, 0.25) is 0 Å². The molecule has 1 N–H and O–H groups in total. The quantitative estimate of drug-likeness (QED) is 0.361. The molecular formula is C22H18Cl3NO4S.